The zero-order valence-corrected chi connectivity index (χ0v) is 11.0. The van der Waals surface area contributed by atoms with E-state index in [1.165, 1.54) is 16.3 Å². The zero-order chi connectivity index (χ0) is 13.0. The molecule has 2 nitrogen and oxygen atoms in total. The molecule has 18 heavy (non-hydrogen) atoms. The van der Waals surface area contributed by atoms with Crippen LogP contribution < -0.4 is 0 Å². The predicted molar refractivity (Wildman–Crippen MR) is 74.7 cm³/mol. The van der Waals surface area contributed by atoms with Crippen LogP contribution in [0.4, 0.5) is 0 Å². The number of aliphatic hydroxyl groups excluding tert-OH is 1. The number of ether oxygens (including phenoxy) is 1. The largest absolute Gasteiger partial charge is 0.390 e. The topological polar surface area (TPSA) is 29.5 Å². The summed E-state index contributed by atoms with van der Waals surface area (Å²) in [5.41, 5.74) is 1.17. The van der Waals surface area contributed by atoms with Crippen LogP contribution in [0.2, 0.25) is 0 Å². The molecular weight excluding hydrogens is 224 g/mol. The van der Waals surface area contributed by atoms with Gasteiger partial charge in [0.2, 0.25) is 0 Å². The van der Waals surface area contributed by atoms with E-state index in [0.717, 1.165) is 0 Å². The Balaban J connectivity index is 2.11. The molecule has 0 amide bonds. The molecule has 1 unspecified atom stereocenters. The standard InChI is InChI=1S/C16H20O2/c1-12(2)18-11-15(17)10-14-8-5-7-13-6-3-4-9-16(13)14/h3-9,12,15,17H,10-11H2,1-2H3. The molecule has 0 radical (unpaired) electrons. The highest BCUT2D eigenvalue weighted by molar-refractivity contribution is 5.85. The van der Waals surface area contributed by atoms with Gasteiger partial charge in [0.25, 0.3) is 0 Å². The molecule has 0 fully saturated rings. The molecule has 2 aromatic rings. The van der Waals surface area contributed by atoms with E-state index in [-0.39, 0.29) is 6.10 Å². The van der Waals surface area contributed by atoms with E-state index >= 15 is 0 Å². The molecular formula is C16H20O2. The molecule has 2 aromatic carbocycles. The fourth-order valence-electron chi connectivity index (χ4n) is 2.09. The SMILES string of the molecule is CC(C)OCC(O)Cc1cccc2ccccc12. The summed E-state index contributed by atoms with van der Waals surface area (Å²) in [5, 5.41) is 12.4. The van der Waals surface area contributed by atoms with Crippen LogP contribution in [-0.2, 0) is 11.2 Å². The van der Waals surface area contributed by atoms with Crippen molar-refractivity contribution in [2.24, 2.45) is 0 Å². The molecule has 0 heterocycles. The molecule has 96 valence electrons. The lowest BCUT2D eigenvalue weighted by Crippen LogP contribution is -2.20. The van der Waals surface area contributed by atoms with Gasteiger partial charge in [-0.1, -0.05) is 42.5 Å². The van der Waals surface area contributed by atoms with Crippen LogP contribution in [0.5, 0.6) is 0 Å². The van der Waals surface area contributed by atoms with E-state index in [0.29, 0.717) is 13.0 Å². The Kier molecular flexibility index (Phi) is 4.34. The van der Waals surface area contributed by atoms with Crippen molar-refractivity contribution >= 4 is 10.8 Å². The summed E-state index contributed by atoms with van der Waals surface area (Å²) in [5.74, 6) is 0. The summed E-state index contributed by atoms with van der Waals surface area (Å²) in [6.07, 6.45) is 0.346. The lowest BCUT2D eigenvalue weighted by Gasteiger charge is -2.14. The average Bonchev–Trinajstić information content (AvgIpc) is 2.37. The van der Waals surface area contributed by atoms with E-state index in [1.54, 1.807) is 0 Å². The molecule has 0 saturated carbocycles. The van der Waals surface area contributed by atoms with Crippen LogP contribution in [0.3, 0.4) is 0 Å². The molecule has 1 N–H and O–H groups in total. The van der Waals surface area contributed by atoms with Crippen LogP contribution >= 0.6 is 0 Å². The maximum Gasteiger partial charge on any atom is 0.0814 e. The molecule has 0 aliphatic carbocycles. The van der Waals surface area contributed by atoms with Crippen LogP contribution in [0.15, 0.2) is 42.5 Å². The quantitative estimate of drug-likeness (QED) is 0.875. The predicted octanol–water partition coefficient (Wildman–Crippen LogP) is 3.17. The van der Waals surface area contributed by atoms with E-state index < -0.39 is 6.10 Å². The van der Waals surface area contributed by atoms with Gasteiger partial charge in [-0.15, -0.1) is 0 Å². The third-order valence-electron chi connectivity index (χ3n) is 2.96. The van der Waals surface area contributed by atoms with Crippen molar-refractivity contribution < 1.29 is 9.84 Å². The highest BCUT2D eigenvalue weighted by Crippen LogP contribution is 2.19. The molecule has 0 aliphatic heterocycles. The molecule has 2 heteroatoms. The lowest BCUT2D eigenvalue weighted by atomic mass is 10.0. The fraction of sp³-hybridized carbons (Fsp3) is 0.375. The summed E-state index contributed by atoms with van der Waals surface area (Å²) in [6, 6.07) is 14.5. The van der Waals surface area contributed by atoms with Gasteiger partial charge in [0, 0.05) is 6.42 Å². The minimum absolute atomic E-state index is 0.159. The van der Waals surface area contributed by atoms with Crippen LogP contribution in [0.1, 0.15) is 19.4 Å². The van der Waals surface area contributed by atoms with Gasteiger partial charge in [-0.05, 0) is 30.2 Å². The first kappa shape index (κ1) is 13.1. The molecule has 2 rings (SSSR count). The third kappa shape index (κ3) is 3.31. The van der Waals surface area contributed by atoms with Gasteiger partial charge in [0.1, 0.15) is 0 Å². The minimum atomic E-state index is -0.446. The van der Waals surface area contributed by atoms with E-state index in [4.69, 9.17) is 4.74 Å². The van der Waals surface area contributed by atoms with Crippen molar-refractivity contribution in [3.05, 3.63) is 48.0 Å². The Morgan fingerprint density at radius 2 is 1.78 bits per heavy atom. The van der Waals surface area contributed by atoms with Gasteiger partial charge in [-0.25, -0.2) is 0 Å². The highest BCUT2D eigenvalue weighted by Gasteiger charge is 2.09. The van der Waals surface area contributed by atoms with Crippen molar-refractivity contribution in [2.45, 2.75) is 32.5 Å². The second-order valence-corrected chi connectivity index (χ2v) is 4.88. The summed E-state index contributed by atoms with van der Waals surface area (Å²) in [6.45, 7) is 4.34. The molecule has 0 aliphatic rings. The normalized spacial score (nSPS) is 13.1. The lowest BCUT2D eigenvalue weighted by molar-refractivity contribution is 0.00633. The first-order valence-corrected chi connectivity index (χ1v) is 6.43. The van der Waals surface area contributed by atoms with Crippen molar-refractivity contribution in [3.63, 3.8) is 0 Å². The van der Waals surface area contributed by atoms with Crippen LogP contribution in [-0.4, -0.2) is 23.9 Å². The Labute approximate surface area is 108 Å². The number of hydrogen-bond acceptors (Lipinski definition) is 2. The molecule has 0 aromatic heterocycles. The Hall–Kier alpha value is -1.38. The van der Waals surface area contributed by atoms with Gasteiger partial charge in [0.15, 0.2) is 0 Å². The van der Waals surface area contributed by atoms with Crippen LogP contribution in [0, 0.1) is 0 Å². The van der Waals surface area contributed by atoms with Gasteiger partial charge in [-0.2, -0.15) is 0 Å². The molecule has 0 spiro atoms. The summed E-state index contributed by atoms with van der Waals surface area (Å²) >= 11 is 0. The minimum Gasteiger partial charge on any atom is -0.390 e. The summed E-state index contributed by atoms with van der Waals surface area (Å²) < 4.78 is 5.44. The number of benzene rings is 2. The van der Waals surface area contributed by atoms with Crippen LogP contribution in [0.25, 0.3) is 10.8 Å². The monoisotopic (exact) mass is 244 g/mol. The van der Waals surface area contributed by atoms with Crippen molar-refractivity contribution in [2.75, 3.05) is 6.61 Å². The Bertz CT molecular complexity index is 500. The second kappa shape index (κ2) is 5.98. The Morgan fingerprint density at radius 3 is 2.56 bits per heavy atom. The molecule has 0 saturated heterocycles. The Morgan fingerprint density at radius 1 is 1.06 bits per heavy atom. The van der Waals surface area contributed by atoms with Crippen molar-refractivity contribution in [1.29, 1.82) is 0 Å². The fourth-order valence-corrected chi connectivity index (χ4v) is 2.09. The van der Waals surface area contributed by atoms with E-state index in [9.17, 15) is 5.11 Å². The average molecular weight is 244 g/mol. The first-order valence-electron chi connectivity index (χ1n) is 6.43. The third-order valence-corrected chi connectivity index (χ3v) is 2.96. The van der Waals surface area contributed by atoms with Gasteiger partial charge in [-0.3, -0.25) is 0 Å². The number of fused-ring (bicyclic) bond motifs is 1. The number of hydrogen-bond donors (Lipinski definition) is 1. The van der Waals surface area contributed by atoms with Gasteiger partial charge in [0.05, 0.1) is 18.8 Å². The zero-order valence-electron chi connectivity index (χ0n) is 11.0. The highest BCUT2D eigenvalue weighted by atomic mass is 16.5. The maximum absolute atomic E-state index is 9.99. The van der Waals surface area contributed by atoms with E-state index in [1.807, 2.05) is 32.0 Å². The summed E-state index contributed by atoms with van der Waals surface area (Å²) in [4.78, 5) is 0. The second-order valence-electron chi connectivity index (χ2n) is 4.88. The number of aliphatic hydroxyl groups is 1. The van der Waals surface area contributed by atoms with Crippen molar-refractivity contribution in [1.82, 2.24) is 0 Å². The van der Waals surface area contributed by atoms with Crippen molar-refractivity contribution in [3.8, 4) is 0 Å². The van der Waals surface area contributed by atoms with E-state index in [2.05, 4.69) is 24.3 Å². The van der Waals surface area contributed by atoms with Gasteiger partial charge < -0.3 is 9.84 Å². The molecule has 1 atom stereocenters. The summed E-state index contributed by atoms with van der Waals surface area (Å²) in [7, 11) is 0. The first-order chi connectivity index (χ1) is 8.66. The smallest absolute Gasteiger partial charge is 0.0814 e. The van der Waals surface area contributed by atoms with Gasteiger partial charge >= 0.3 is 0 Å². The molecule has 0 bridgehead atoms. The maximum atomic E-state index is 9.99. The number of rotatable bonds is 5.